The van der Waals surface area contributed by atoms with Gasteiger partial charge in [-0.15, -0.1) is 11.3 Å². The van der Waals surface area contributed by atoms with Crippen molar-refractivity contribution in [2.45, 2.75) is 25.2 Å². The summed E-state index contributed by atoms with van der Waals surface area (Å²) in [5.41, 5.74) is 11.3. The van der Waals surface area contributed by atoms with E-state index < -0.39 is 0 Å². The van der Waals surface area contributed by atoms with Crippen LogP contribution in [0.25, 0.3) is 80.7 Å². The zero-order chi connectivity index (χ0) is 37.5. The number of para-hydroxylation sites is 2. The summed E-state index contributed by atoms with van der Waals surface area (Å²) < 4.78 is 11.6. The van der Waals surface area contributed by atoms with Crippen molar-refractivity contribution in [1.29, 1.82) is 0 Å². The number of benzene rings is 7. The third-order valence-corrected chi connectivity index (χ3v) is 13.0. The molecule has 2 N–H and O–H groups in total. The predicted molar refractivity (Wildman–Crippen MR) is 239 cm³/mol. The minimum absolute atomic E-state index is 0.0307. The molecule has 10 aromatic rings. The summed E-state index contributed by atoms with van der Waals surface area (Å²) in [4.78, 5) is 5.27. The van der Waals surface area contributed by atoms with E-state index in [1.165, 1.54) is 58.8 Å². The smallest absolute Gasteiger partial charge is 0.136 e. The normalized spacial score (nSPS) is 17.2. The van der Waals surface area contributed by atoms with Crippen molar-refractivity contribution in [2.75, 3.05) is 0 Å². The number of aliphatic imine (C=N–C) groups is 1. The van der Waals surface area contributed by atoms with Crippen molar-refractivity contribution < 1.29 is 4.42 Å². The van der Waals surface area contributed by atoms with Gasteiger partial charge in [0.25, 0.3) is 0 Å². The molecular formula is C51H36N4OS. The molecule has 2 aliphatic rings. The first-order valence-electron chi connectivity index (χ1n) is 19.7. The molecule has 4 heterocycles. The Kier molecular flexibility index (Phi) is 7.37. The summed E-state index contributed by atoms with van der Waals surface area (Å²) >= 11 is 1.87. The highest BCUT2D eigenvalue weighted by atomic mass is 32.1. The Morgan fingerprint density at radius 2 is 1.39 bits per heavy atom. The summed E-state index contributed by atoms with van der Waals surface area (Å²) in [6.07, 6.45) is 8.47. The molecule has 0 amide bonds. The van der Waals surface area contributed by atoms with E-state index >= 15 is 0 Å². The summed E-state index contributed by atoms with van der Waals surface area (Å²) in [5, 5.41) is 14.8. The monoisotopic (exact) mass is 752 g/mol. The highest BCUT2D eigenvalue weighted by molar-refractivity contribution is 7.26. The second-order valence-electron chi connectivity index (χ2n) is 15.0. The Morgan fingerprint density at radius 1 is 0.649 bits per heavy atom. The molecule has 57 heavy (non-hydrogen) atoms. The second kappa shape index (κ2) is 12.9. The summed E-state index contributed by atoms with van der Waals surface area (Å²) in [5.74, 6) is 0.875. The van der Waals surface area contributed by atoms with Gasteiger partial charge in [0.15, 0.2) is 0 Å². The quantitative estimate of drug-likeness (QED) is 0.184. The molecule has 0 spiro atoms. The van der Waals surface area contributed by atoms with Gasteiger partial charge in [-0.2, -0.15) is 0 Å². The molecule has 272 valence electrons. The van der Waals surface area contributed by atoms with Gasteiger partial charge in [0.1, 0.15) is 29.3 Å². The van der Waals surface area contributed by atoms with Crippen LogP contribution in [0, 0.1) is 0 Å². The van der Waals surface area contributed by atoms with Crippen molar-refractivity contribution in [3.63, 3.8) is 0 Å². The van der Waals surface area contributed by atoms with E-state index in [0.717, 1.165) is 57.3 Å². The van der Waals surface area contributed by atoms with Gasteiger partial charge in [-0.05, 0) is 83.6 Å². The SMILES string of the molecule is C1=CCCC(C2NC(c3ccc4oc5cccc(-c6cccc7sc8c(-n9c%10ccccc%10c%10ccccc%109)cccc8c67)c5c4c3)=NC(c3ccccc3)N2)=C1. The number of hydrogen-bond acceptors (Lipinski definition) is 5. The van der Waals surface area contributed by atoms with E-state index in [4.69, 9.17) is 9.41 Å². The van der Waals surface area contributed by atoms with Crippen LogP contribution in [0.1, 0.15) is 30.1 Å². The number of rotatable bonds is 5. The summed E-state index contributed by atoms with van der Waals surface area (Å²) in [7, 11) is 0. The fourth-order valence-electron chi connectivity index (χ4n) is 9.18. The lowest BCUT2D eigenvalue weighted by molar-refractivity contribution is 0.429. The molecule has 7 aromatic carbocycles. The van der Waals surface area contributed by atoms with E-state index in [9.17, 15) is 0 Å². The number of nitrogens with one attached hydrogen (secondary N) is 2. The van der Waals surface area contributed by atoms with E-state index in [-0.39, 0.29) is 12.3 Å². The molecule has 0 fully saturated rings. The number of thiophene rings is 1. The Morgan fingerprint density at radius 3 is 2.19 bits per heavy atom. The maximum Gasteiger partial charge on any atom is 0.136 e. The first-order valence-corrected chi connectivity index (χ1v) is 20.5. The lowest BCUT2D eigenvalue weighted by Gasteiger charge is -2.33. The van der Waals surface area contributed by atoms with Gasteiger partial charge in [-0.1, -0.05) is 121 Å². The second-order valence-corrected chi connectivity index (χ2v) is 16.1. The van der Waals surface area contributed by atoms with Gasteiger partial charge in [-0.3, -0.25) is 5.32 Å². The number of furan rings is 1. The van der Waals surface area contributed by atoms with Crippen LogP contribution in [0.15, 0.2) is 185 Å². The molecular weight excluding hydrogens is 717 g/mol. The van der Waals surface area contributed by atoms with Crippen LogP contribution in [0.3, 0.4) is 0 Å². The van der Waals surface area contributed by atoms with Crippen LogP contribution in [-0.2, 0) is 0 Å². The van der Waals surface area contributed by atoms with Gasteiger partial charge in [0.05, 0.1) is 21.4 Å². The number of amidine groups is 1. The largest absolute Gasteiger partial charge is 0.456 e. The van der Waals surface area contributed by atoms with Crippen molar-refractivity contribution in [1.82, 2.24) is 15.2 Å². The molecule has 2 unspecified atom stereocenters. The third-order valence-electron chi connectivity index (χ3n) is 11.8. The number of fused-ring (bicyclic) bond motifs is 9. The lowest BCUT2D eigenvalue weighted by atomic mass is 9.95. The van der Waals surface area contributed by atoms with E-state index in [1.54, 1.807) is 0 Å². The average Bonchev–Trinajstić information content (AvgIpc) is 3.96. The maximum absolute atomic E-state index is 6.60. The number of hydrogen-bond donors (Lipinski definition) is 2. The van der Waals surface area contributed by atoms with Crippen molar-refractivity contribution in [3.05, 3.63) is 187 Å². The fraction of sp³-hybridized carbons (Fsp3) is 0.0784. The third kappa shape index (κ3) is 5.15. The Balaban J connectivity index is 1.04. The molecule has 0 radical (unpaired) electrons. The molecule has 0 saturated carbocycles. The Labute approximate surface area is 332 Å². The van der Waals surface area contributed by atoms with E-state index in [0.29, 0.717) is 0 Å². The lowest BCUT2D eigenvalue weighted by Crippen LogP contribution is -2.52. The van der Waals surface area contributed by atoms with Gasteiger partial charge >= 0.3 is 0 Å². The molecule has 1 aliphatic carbocycles. The average molecular weight is 753 g/mol. The van der Waals surface area contributed by atoms with E-state index in [2.05, 4.69) is 185 Å². The minimum atomic E-state index is -0.177. The predicted octanol–water partition coefficient (Wildman–Crippen LogP) is 13.0. The molecule has 12 rings (SSSR count). The Hall–Kier alpha value is -6.73. The van der Waals surface area contributed by atoms with Crippen LogP contribution in [0.4, 0.5) is 0 Å². The molecule has 6 heteroatoms. The molecule has 2 atom stereocenters. The van der Waals surface area contributed by atoms with Crippen molar-refractivity contribution >= 4 is 81.1 Å². The van der Waals surface area contributed by atoms with Crippen molar-refractivity contribution in [2.24, 2.45) is 4.99 Å². The van der Waals surface area contributed by atoms with Crippen LogP contribution >= 0.6 is 11.3 Å². The van der Waals surface area contributed by atoms with Gasteiger partial charge in [-0.25, -0.2) is 4.99 Å². The summed E-state index contributed by atoms with van der Waals surface area (Å²) in [6, 6.07) is 54.5. The van der Waals surface area contributed by atoms with Crippen LogP contribution in [0.2, 0.25) is 0 Å². The minimum Gasteiger partial charge on any atom is -0.456 e. The molecule has 1 aliphatic heterocycles. The highest BCUT2D eigenvalue weighted by Crippen LogP contribution is 2.46. The molecule has 0 saturated heterocycles. The zero-order valence-corrected chi connectivity index (χ0v) is 31.8. The first-order chi connectivity index (χ1) is 28.3. The van der Waals surface area contributed by atoms with Crippen LogP contribution in [0.5, 0.6) is 0 Å². The van der Waals surface area contributed by atoms with Crippen LogP contribution < -0.4 is 10.6 Å². The number of aromatic nitrogens is 1. The van der Waals surface area contributed by atoms with E-state index in [1.807, 2.05) is 11.3 Å². The maximum atomic E-state index is 6.60. The highest BCUT2D eigenvalue weighted by Gasteiger charge is 2.27. The Bertz CT molecular complexity index is 3270. The molecule has 5 nitrogen and oxygen atoms in total. The van der Waals surface area contributed by atoms with Crippen LogP contribution in [-0.4, -0.2) is 16.6 Å². The zero-order valence-electron chi connectivity index (χ0n) is 30.9. The molecule has 0 bridgehead atoms. The molecule has 3 aromatic heterocycles. The van der Waals surface area contributed by atoms with Crippen molar-refractivity contribution in [3.8, 4) is 16.8 Å². The number of nitrogens with zero attached hydrogens (tertiary/aromatic N) is 2. The standard InChI is InChI=1S/C51H36N4OS/c1-3-14-31(15-4-1)49-52-50(32-16-5-2-6-17-32)54-51(53-49)33-28-29-43-39(30-33)46-36(20-12-26-44(46)56-43)37-21-13-27-45-47(37)38-22-11-25-42(48(38)57-45)55-40-23-9-7-18-34(40)35-19-8-10-24-41(35)55/h1-5,7-16,18-30,49-50,52H,6,17H2,(H,53,54). The summed E-state index contributed by atoms with van der Waals surface area (Å²) in [6.45, 7) is 0. The number of allylic oxidation sites excluding steroid dienone is 3. The first kappa shape index (κ1) is 32.5. The van der Waals surface area contributed by atoms with Gasteiger partial charge in [0.2, 0.25) is 0 Å². The van der Waals surface area contributed by atoms with Gasteiger partial charge < -0.3 is 14.3 Å². The fourth-order valence-corrected chi connectivity index (χ4v) is 10.4. The van der Waals surface area contributed by atoms with Gasteiger partial charge in [0, 0.05) is 42.6 Å². The topological polar surface area (TPSA) is 54.5 Å².